The molecule has 0 saturated heterocycles. The van der Waals surface area contributed by atoms with Crippen molar-refractivity contribution in [2.45, 2.75) is 6.42 Å². The molecule has 16 heavy (non-hydrogen) atoms. The Balaban J connectivity index is 2.28. The van der Waals surface area contributed by atoms with Crippen LogP contribution >= 0.6 is 0 Å². The van der Waals surface area contributed by atoms with Gasteiger partial charge in [0.1, 0.15) is 12.0 Å². The zero-order valence-corrected chi connectivity index (χ0v) is 8.76. The number of aliphatic hydroxyl groups excluding tert-OH is 1. The Morgan fingerprint density at radius 1 is 1.06 bits per heavy atom. The van der Waals surface area contributed by atoms with E-state index in [2.05, 4.69) is 0 Å². The van der Waals surface area contributed by atoms with Crippen LogP contribution < -0.4 is 0 Å². The zero-order valence-electron chi connectivity index (χ0n) is 8.76. The first-order valence-electron chi connectivity index (χ1n) is 5.12. The van der Waals surface area contributed by atoms with Gasteiger partial charge in [0.2, 0.25) is 0 Å². The monoisotopic (exact) mass is 212 g/mol. The van der Waals surface area contributed by atoms with Crippen LogP contribution in [0.25, 0.3) is 5.57 Å². The molecule has 0 saturated carbocycles. The molecule has 0 bridgehead atoms. The normalized spacial score (nSPS) is 15.0. The summed E-state index contributed by atoms with van der Waals surface area (Å²) in [6.45, 7) is 0. The van der Waals surface area contributed by atoms with Crippen molar-refractivity contribution in [1.82, 2.24) is 0 Å². The van der Waals surface area contributed by atoms with Crippen molar-refractivity contribution in [3.05, 3.63) is 65.5 Å². The van der Waals surface area contributed by atoms with Gasteiger partial charge in [-0.2, -0.15) is 0 Å². The molecule has 0 atom stereocenters. The second kappa shape index (κ2) is 4.62. The van der Waals surface area contributed by atoms with Crippen LogP contribution in [0.3, 0.4) is 0 Å². The Morgan fingerprint density at radius 3 is 2.50 bits per heavy atom. The summed E-state index contributed by atoms with van der Waals surface area (Å²) in [5.74, 6) is 0.288. The number of rotatable bonds is 2. The standard InChI is InChI=1S/C14H12O2/c15-10-11-4-6-13(7-5-11)12-2-1-3-14(16)9-8-12/h2-10,16H,1H2. The molecule has 80 valence electrons. The minimum Gasteiger partial charge on any atom is -0.508 e. The number of aldehydes is 1. The van der Waals surface area contributed by atoms with E-state index >= 15 is 0 Å². The lowest BCUT2D eigenvalue weighted by molar-refractivity contribution is 0.112. The minimum absolute atomic E-state index is 0.288. The van der Waals surface area contributed by atoms with Gasteiger partial charge in [0, 0.05) is 5.56 Å². The molecule has 0 radical (unpaired) electrons. The van der Waals surface area contributed by atoms with Gasteiger partial charge >= 0.3 is 0 Å². The maximum absolute atomic E-state index is 10.5. The summed E-state index contributed by atoms with van der Waals surface area (Å²) in [4.78, 5) is 10.5. The number of hydrogen-bond acceptors (Lipinski definition) is 2. The third-order valence-corrected chi connectivity index (χ3v) is 2.48. The highest BCUT2D eigenvalue weighted by atomic mass is 16.3. The quantitative estimate of drug-likeness (QED) is 0.764. The van der Waals surface area contributed by atoms with Crippen LogP contribution in [0.4, 0.5) is 0 Å². The molecule has 0 fully saturated rings. The summed E-state index contributed by atoms with van der Waals surface area (Å²) in [5.41, 5.74) is 2.77. The van der Waals surface area contributed by atoms with E-state index in [4.69, 9.17) is 0 Å². The third-order valence-electron chi connectivity index (χ3n) is 2.48. The molecule has 0 aromatic heterocycles. The first kappa shape index (κ1) is 10.4. The van der Waals surface area contributed by atoms with Gasteiger partial charge in [-0.3, -0.25) is 4.79 Å². The van der Waals surface area contributed by atoms with Gasteiger partial charge in [-0.15, -0.1) is 0 Å². The second-order valence-electron chi connectivity index (χ2n) is 3.60. The van der Waals surface area contributed by atoms with E-state index in [1.807, 2.05) is 24.3 Å². The van der Waals surface area contributed by atoms with E-state index in [0.717, 1.165) is 17.4 Å². The Kier molecular flexibility index (Phi) is 3.01. The Morgan fingerprint density at radius 2 is 1.81 bits per heavy atom. The molecular weight excluding hydrogens is 200 g/mol. The lowest BCUT2D eigenvalue weighted by Gasteiger charge is -2.01. The molecule has 0 heterocycles. The first-order valence-corrected chi connectivity index (χ1v) is 5.12. The summed E-state index contributed by atoms with van der Waals surface area (Å²) in [7, 11) is 0. The number of carbonyl (C=O) groups excluding carboxylic acids is 1. The van der Waals surface area contributed by atoms with Crippen molar-refractivity contribution in [3.8, 4) is 0 Å². The fourth-order valence-electron chi connectivity index (χ4n) is 1.59. The lowest BCUT2D eigenvalue weighted by atomic mass is 10.0. The number of aliphatic hydroxyl groups is 1. The molecule has 2 heteroatoms. The number of hydrogen-bond donors (Lipinski definition) is 1. The van der Waals surface area contributed by atoms with Crippen molar-refractivity contribution in [2.75, 3.05) is 0 Å². The molecule has 0 spiro atoms. The van der Waals surface area contributed by atoms with Crippen LogP contribution in [0, 0.1) is 0 Å². The maximum atomic E-state index is 10.5. The molecule has 0 aliphatic heterocycles. The summed E-state index contributed by atoms with van der Waals surface area (Å²) < 4.78 is 0. The zero-order chi connectivity index (χ0) is 11.4. The predicted octanol–water partition coefficient (Wildman–Crippen LogP) is 3.28. The fourth-order valence-corrected chi connectivity index (χ4v) is 1.59. The van der Waals surface area contributed by atoms with E-state index in [-0.39, 0.29) is 5.76 Å². The Labute approximate surface area is 94.2 Å². The van der Waals surface area contributed by atoms with Gasteiger partial charge in [-0.05, 0) is 29.7 Å². The topological polar surface area (TPSA) is 37.3 Å². The van der Waals surface area contributed by atoms with Crippen LogP contribution in [-0.2, 0) is 0 Å². The van der Waals surface area contributed by atoms with Gasteiger partial charge in [-0.1, -0.05) is 36.4 Å². The Hall–Kier alpha value is -2.09. The molecule has 1 aliphatic carbocycles. The van der Waals surface area contributed by atoms with E-state index < -0.39 is 0 Å². The molecule has 1 aromatic carbocycles. The minimum atomic E-state index is 0.288. The predicted molar refractivity (Wildman–Crippen MR) is 64.3 cm³/mol. The lowest BCUT2D eigenvalue weighted by Crippen LogP contribution is -1.83. The highest BCUT2D eigenvalue weighted by Gasteiger charge is 2.00. The third kappa shape index (κ3) is 2.28. The van der Waals surface area contributed by atoms with Crippen molar-refractivity contribution < 1.29 is 9.90 Å². The summed E-state index contributed by atoms with van der Waals surface area (Å²) >= 11 is 0. The van der Waals surface area contributed by atoms with Crippen molar-refractivity contribution in [2.24, 2.45) is 0 Å². The van der Waals surface area contributed by atoms with Crippen molar-refractivity contribution in [3.63, 3.8) is 0 Å². The van der Waals surface area contributed by atoms with Gasteiger partial charge in [0.15, 0.2) is 0 Å². The summed E-state index contributed by atoms with van der Waals surface area (Å²) in [6, 6.07) is 7.38. The van der Waals surface area contributed by atoms with E-state index in [9.17, 15) is 9.90 Å². The highest BCUT2D eigenvalue weighted by molar-refractivity contribution is 5.79. The van der Waals surface area contributed by atoms with Crippen molar-refractivity contribution in [1.29, 1.82) is 0 Å². The van der Waals surface area contributed by atoms with Gasteiger partial charge < -0.3 is 5.11 Å². The fraction of sp³-hybridized carbons (Fsp3) is 0.0714. The smallest absolute Gasteiger partial charge is 0.150 e. The average molecular weight is 212 g/mol. The largest absolute Gasteiger partial charge is 0.508 e. The first-order chi connectivity index (χ1) is 7.79. The molecule has 1 aliphatic rings. The molecule has 1 N–H and O–H groups in total. The molecular formula is C14H12O2. The van der Waals surface area contributed by atoms with E-state index in [0.29, 0.717) is 12.0 Å². The van der Waals surface area contributed by atoms with E-state index in [1.165, 1.54) is 0 Å². The molecule has 2 rings (SSSR count). The molecule has 2 nitrogen and oxygen atoms in total. The summed E-state index contributed by atoms with van der Waals surface area (Å²) in [5, 5.41) is 9.33. The van der Waals surface area contributed by atoms with Crippen LogP contribution in [0.1, 0.15) is 22.3 Å². The molecule has 1 aromatic rings. The van der Waals surface area contributed by atoms with E-state index in [1.54, 1.807) is 24.3 Å². The van der Waals surface area contributed by atoms with Gasteiger partial charge in [-0.25, -0.2) is 0 Å². The van der Waals surface area contributed by atoms with Crippen LogP contribution in [-0.4, -0.2) is 11.4 Å². The van der Waals surface area contributed by atoms with Crippen molar-refractivity contribution >= 4 is 11.9 Å². The molecule has 0 unspecified atom stereocenters. The number of allylic oxidation sites excluding steroid dienone is 5. The highest BCUT2D eigenvalue weighted by Crippen LogP contribution is 2.20. The van der Waals surface area contributed by atoms with Crippen LogP contribution in [0.15, 0.2) is 54.3 Å². The average Bonchev–Trinajstić information content (AvgIpc) is 2.54. The Bertz CT molecular complexity index is 476. The number of carbonyl (C=O) groups is 1. The maximum Gasteiger partial charge on any atom is 0.150 e. The number of benzene rings is 1. The molecule has 0 amide bonds. The van der Waals surface area contributed by atoms with Crippen LogP contribution in [0.5, 0.6) is 0 Å². The second-order valence-corrected chi connectivity index (χ2v) is 3.60. The van der Waals surface area contributed by atoms with Crippen LogP contribution in [0.2, 0.25) is 0 Å². The summed E-state index contributed by atoms with van der Waals surface area (Å²) in [6.07, 6.45) is 8.87. The van der Waals surface area contributed by atoms with Gasteiger partial charge in [0.05, 0.1) is 0 Å². The SMILES string of the molecule is O=Cc1ccc(C2=CCC=C(O)C=C2)cc1. The van der Waals surface area contributed by atoms with Gasteiger partial charge in [0.25, 0.3) is 0 Å².